The summed E-state index contributed by atoms with van der Waals surface area (Å²) in [5, 5.41) is 5.23. The highest BCUT2D eigenvalue weighted by atomic mass is 16.2. The largest absolute Gasteiger partial charge is 0.340 e. The maximum absolute atomic E-state index is 10.8. The number of amides is 2. The highest BCUT2D eigenvalue weighted by Gasteiger charge is 2.27. The highest BCUT2D eigenvalue weighted by Crippen LogP contribution is 2.14. The van der Waals surface area contributed by atoms with Crippen molar-refractivity contribution in [1.29, 1.82) is 0 Å². The molecule has 5 heteroatoms. The molecule has 5 nitrogen and oxygen atoms in total. The van der Waals surface area contributed by atoms with Crippen LogP contribution in [0.5, 0.6) is 0 Å². The number of carbonyl (C=O) groups is 1. The van der Waals surface area contributed by atoms with Crippen LogP contribution in [0.15, 0.2) is 16.9 Å². The third kappa shape index (κ3) is 0.849. The van der Waals surface area contributed by atoms with Gasteiger partial charge in [0.15, 0.2) is 0 Å². The molecule has 0 saturated carbocycles. The first-order valence-electron chi connectivity index (χ1n) is 3.30. The van der Waals surface area contributed by atoms with Gasteiger partial charge in [0.05, 0.1) is 6.34 Å². The number of likely N-dealkylation sites (N-methyl/N-ethyl adjacent to an activating group) is 1. The summed E-state index contributed by atoms with van der Waals surface area (Å²) in [6.07, 6.45) is 3.22. The predicted octanol–water partition coefficient (Wildman–Crippen LogP) is -0.560. The molecule has 2 heterocycles. The summed E-state index contributed by atoms with van der Waals surface area (Å²) >= 11 is 0. The van der Waals surface area contributed by atoms with Crippen molar-refractivity contribution in [2.24, 2.45) is 4.99 Å². The number of nitrogens with zero attached hydrogens (tertiary/aromatic N) is 2. The van der Waals surface area contributed by atoms with Crippen LogP contribution >= 0.6 is 0 Å². The minimum Gasteiger partial charge on any atom is -0.340 e. The second kappa shape index (κ2) is 1.98. The van der Waals surface area contributed by atoms with E-state index in [-0.39, 0.29) is 12.2 Å². The lowest BCUT2D eigenvalue weighted by atomic mass is 10.3. The molecule has 0 aromatic heterocycles. The van der Waals surface area contributed by atoms with E-state index in [1.54, 1.807) is 12.5 Å². The quantitative estimate of drug-likeness (QED) is 0.489. The Bertz CT molecular complexity index is 257. The number of hydrogen-bond donors (Lipinski definition) is 2. The lowest BCUT2D eigenvalue weighted by Gasteiger charge is -2.24. The van der Waals surface area contributed by atoms with Gasteiger partial charge in [0.2, 0.25) is 0 Å². The van der Waals surface area contributed by atoms with E-state index in [9.17, 15) is 4.79 Å². The molecule has 2 N–H and O–H groups in total. The first-order chi connectivity index (χ1) is 5.27. The van der Waals surface area contributed by atoms with E-state index < -0.39 is 0 Å². The number of nitrogens with one attached hydrogen (secondary N) is 2. The smallest absolute Gasteiger partial charge is 0.320 e. The molecule has 0 aromatic rings. The average Bonchev–Trinajstić information content (AvgIpc) is 2.33. The Hall–Kier alpha value is -1.52. The van der Waals surface area contributed by atoms with Crippen LogP contribution in [0.4, 0.5) is 4.79 Å². The molecule has 2 aliphatic rings. The van der Waals surface area contributed by atoms with Gasteiger partial charge in [-0.2, -0.15) is 0 Å². The summed E-state index contributed by atoms with van der Waals surface area (Å²) in [5.74, 6) is 0. The van der Waals surface area contributed by atoms with Crippen LogP contribution in [-0.4, -0.2) is 30.5 Å². The van der Waals surface area contributed by atoms with Gasteiger partial charge in [0.1, 0.15) is 11.9 Å². The van der Waals surface area contributed by atoms with Crippen molar-refractivity contribution in [3.8, 4) is 0 Å². The fraction of sp³-hybridized carbons (Fsp3) is 0.333. The Morgan fingerprint density at radius 3 is 3.36 bits per heavy atom. The molecule has 2 amide bonds. The predicted molar refractivity (Wildman–Crippen MR) is 39.8 cm³/mol. The van der Waals surface area contributed by atoms with E-state index in [0.717, 1.165) is 5.70 Å². The third-order valence-electron chi connectivity index (χ3n) is 1.70. The maximum Gasteiger partial charge on any atom is 0.320 e. The van der Waals surface area contributed by atoms with Crippen LogP contribution < -0.4 is 10.6 Å². The van der Waals surface area contributed by atoms with Crippen LogP contribution in [0.1, 0.15) is 0 Å². The second-order valence-electron chi connectivity index (χ2n) is 2.50. The molecule has 58 valence electrons. The van der Waals surface area contributed by atoms with Gasteiger partial charge >= 0.3 is 6.03 Å². The Kier molecular flexibility index (Phi) is 1.12. The monoisotopic (exact) mass is 152 g/mol. The molecular formula is C6H8N4O. The van der Waals surface area contributed by atoms with E-state index in [0.29, 0.717) is 0 Å². The average molecular weight is 152 g/mol. The molecular weight excluding hydrogens is 144 g/mol. The lowest BCUT2D eigenvalue weighted by Crippen LogP contribution is -2.50. The van der Waals surface area contributed by atoms with Gasteiger partial charge in [-0.05, 0) is 0 Å². The SMILES string of the molecule is CN1C=NC2=CNC(=O)NC21. The van der Waals surface area contributed by atoms with Crippen LogP contribution in [-0.2, 0) is 0 Å². The molecule has 0 radical (unpaired) electrons. The van der Waals surface area contributed by atoms with Gasteiger partial charge in [-0.1, -0.05) is 0 Å². The van der Waals surface area contributed by atoms with Crippen molar-refractivity contribution in [2.45, 2.75) is 6.17 Å². The summed E-state index contributed by atoms with van der Waals surface area (Å²) in [4.78, 5) is 16.7. The normalized spacial score (nSPS) is 27.4. The van der Waals surface area contributed by atoms with E-state index in [1.165, 1.54) is 0 Å². The van der Waals surface area contributed by atoms with Gasteiger partial charge in [-0.15, -0.1) is 0 Å². The first kappa shape index (κ1) is 6.21. The van der Waals surface area contributed by atoms with E-state index in [4.69, 9.17) is 0 Å². The zero-order chi connectivity index (χ0) is 7.84. The van der Waals surface area contributed by atoms with Crippen molar-refractivity contribution in [1.82, 2.24) is 15.5 Å². The van der Waals surface area contributed by atoms with Gasteiger partial charge in [0.25, 0.3) is 0 Å². The van der Waals surface area contributed by atoms with Crippen molar-refractivity contribution in [3.63, 3.8) is 0 Å². The van der Waals surface area contributed by atoms with Crippen molar-refractivity contribution >= 4 is 12.4 Å². The van der Waals surface area contributed by atoms with E-state index in [2.05, 4.69) is 15.6 Å². The van der Waals surface area contributed by atoms with Gasteiger partial charge in [0, 0.05) is 13.2 Å². The molecule has 0 fully saturated rings. The fourth-order valence-electron chi connectivity index (χ4n) is 1.10. The fourth-order valence-corrected chi connectivity index (χ4v) is 1.10. The van der Waals surface area contributed by atoms with Crippen LogP contribution in [0.2, 0.25) is 0 Å². The van der Waals surface area contributed by atoms with Crippen LogP contribution in [0.25, 0.3) is 0 Å². The summed E-state index contributed by atoms with van der Waals surface area (Å²) in [6, 6.07) is -0.184. The molecule has 11 heavy (non-hydrogen) atoms. The Balaban J connectivity index is 2.27. The maximum atomic E-state index is 10.8. The molecule has 1 unspecified atom stereocenters. The Labute approximate surface area is 63.8 Å². The second-order valence-corrected chi connectivity index (χ2v) is 2.50. The molecule has 2 aliphatic heterocycles. The molecule has 0 spiro atoms. The van der Waals surface area contributed by atoms with E-state index in [1.807, 2.05) is 11.9 Å². The standard InChI is InChI=1S/C6H8N4O/c1-10-3-8-4-2-7-6(11)9-5(4)10/h2-3,5H,1H3,(H2,7,9,11). The zero-order valence-electron chi connectivity index (χ0n) is 6.03. The van der Waals surface area contributed by atoms with Gasteiger partial charge in [-0.25, -0.2) is 9.79 Å². The molecule has 0 aliphatic carbocycles. The lowest BCUT2D eigenvalue weighted by molar-refractivity contribution is 0.231. The topological polar surface area (TPSA) is 56.7 Å². The summed E-state index contributed by atoms with van der Waals surface area (Å²) in [6.45, 7) is 0. The number of hydrogen-bond acceptors (Lipinski definition) is 3. The summed E-state index contributed by atoms with van der Waals surface area (Å²) in [5.41, 5.74) is 0.840. The molecule has 0 saturated heterocycles. The van der Waals surface area contributed by atoms with E-state index >= 15 is 0 Å². The third-order valence-corrected chi connectivity index (χ3v) is 1.70. The van der Waals surface area contributed by atoms with Gasteiger partial charge in [-0.3, -0.25) is 0 Å². The number of urea groups is 1. The highest BCUT2D eigenvalue weighted by molar-refractivity contribution is 5.79. The number of aliphatic imine (C=N–C) groups is 1. The minimum absolute atomic E-state index is 0.0799. The van der Waals surface area contributed by atoms with Crippen LogP contribution in [0.3, 0.4) is 0 Å². The number of carbonyl (C=O) groups excluding carboxylic acids is 1. The molecule has 0 bridgehead atoms. The minimum atomic E-state index is -0.184. The van der Waals surface area contributed by atoms with Crippen molar-refractivity contribution in [3.05, 3.63) is 11.9 Å². The van der Waals surface area contributed by atoms with Gasteiger partial charge < -0.3 is 15.5 Å². The van der Waals surface area contributed by atoms with Crippen molar-refractivity contribution in [2.75, 3.05) is 7.05 Å². The Morgan fingerprint density at radius 1 is 1.73 bits per heavy atom. The first-order valence-corrected chi connectivity index (χ1v) is 3.30. The van der Waals surface area contributed by atoms with Crippen molar-refractivity contribution < 1.29 is 4.79 Å². The zero-order valence-corrected chi connectivity index (χ0v) is 6.03. The number of fused-ring (bicyclic) bond motifs is 1. The summed E-state index contributed by atoms with van der Waals surface area (Å²) in [7, 11) is 1.86. The van der Waals surface area contributed by atoms with Crippen LogP contribution in [0, 0.1) is 0 Å². The molecule has 2 rings (SSSR count). The summed E-state index contributed by atoms with van der Waals surface area (Å²) < 4.78 is 0. The molecule has 1 atom stereocenters. The number of rotatable bonds is 0. The molecule has 0 aromatic carbocycles. The Morgan fingerprint density at radius 2 is 2.55 bits per heavy atom.